The standard InChI is InChI=1S/C17H27N3O3/c1-13-5-6-14(10-19-13)9-18-11-15-12-22-8-7-20(15)16(21)23-17(2,3)4/h5-6,10,15,18H,7-9,11-12H2,1-4H3. The quantitative estimate of drug-likeness (QED) is 0.920. The summed E-state index contributed by atoms with van der Waals surface area (Å²) < 4.78 is 11.0. The number of carbonyl (C=O) groups excluding carboxylic acids is 1. The van der Waals surface area contributed by atoms with Crippen molar-refractivity contribution < 1.29 is 14.3 Å². The second-order valence-electron chi connectivity index (χ2n) is 6.84. The zero-order valence-corrected chi connectivity index (χ0v) is 14.5. The Labute approximate surface area is 138 Å². The predicted octanol–water partition coefficient (Wildman–Crippen LogP) is 2.12. The van der Waals surface area contributed by atoms with Crippen LogP contribution in [-0.2, 0) is 16.0 Å². The molecule has 0 bridgehead atoms. The van der Waals surface area contributed by atoms with Gasteiger partial charge in [-0.3, -0.25) is 9.88 Å². The van der Waals surface area contributed by atoms with E-state index in [1.807, 2.05) is 40.0 Å². The van der Waals surface area contributed by atoms with Crippen molar-refractivity contribution in [3.63, 3.8) is 0 Å². The van der Waals surface area contributed by atoms with E-state index in [-0.39, 0.29) is 12.1 Å². The number of hydrogen-bond acceptors (Lipinski definition) is 5. The van der Waals surface area contributed by atoms with E-state index >= 15 is 0 Å². The van der Waals surface area contributed by atoms with Crippen molar-refractivity contribution in [3.8, 4) is 0 Å². The number of carbonyl (C=O) groups is 1. The predicted molar refractivity (Wildman–Crippen MR) is 88.2 cm³/mol. The minimum Gasteiger partial charge on any atom is -0.444 e. The molecule has 2 heterocycles. The first-order valence-electron chi connectivity index (χ1n) is 8.05. The molecule has 1 aliphatic heterocycles. The third-order valence-electron chi connectivity index (χ3n) is 3.54. The summed E-state index contributed by atoms with van der Waals surface area (Å²) in [6.07, 6.45) is 1.59. The van der Waals surface area contributed by atoms with Gasteiger partial charge in [0.05, 0.1) is 19.3 Å². The first kappa shape index (κ1) is 17.7. The van der Waals surface area contributed by atoms with Crippen LogP contribution in [0.1, 0.15) is 32.0 Å². The number of morpholine rings is 1. The maximum atomic E-state index is 12.3. The molecule has 0 aliphatic carbocycles. The first-order valence-corrected chi connectivity index (χ1v) is 8.05. The molecule has 1 aliphatic rings. The van der Waals surface area contributed by atoms with Gasteiger partial charge in [-0.1, -0.05) is 6.07 Å². The number of rotatable bonds is 4. The van der Waals surface area contributed by atoms with E-state index in [1.54, 1.807) is 4.90 Å². The van der Waals surface area contributed by atoms with Gasteiger partial charge in [0.2, 0.25) is 0 Å². The van der Waals surface area contributed by atoms with Crippen LogP contribution in [0.3, 0.4) is 0 Å². The number of nitrogens with one attached hydrogen (secondary N) is 1. The molecule has 1 N–H and O–H groups in total. The number of amides is 1. The van der Waals surface area contributed by atoms with Gasteiger partial charge in [-0.05, 0) is 39.3 Å². The summed E-state index contributed by atoms with van der Waals surface area (Å²) in [5.74, 6) is 0. The molecule has 1 aromatic heterocycles. The average molecular weight is 321 g/mol. The molecule has 1 aromatic rings. The summed E-state index contributed by atoms with van der Waals surface area (Å²) in [5.41, 5.74) is 1.64. The van der Waals surface area contributed by atoms with Crippen LogP contribution in [0.4, 0.5) is 4.79 Å². The van der Waals surface area contributed by atoms with Crippen LogP contribution in [0.25, 0.3) is 0 Å². The van der Waals surface area contributed by atoms with Crippen LogP contribution < -0.4 is 5.32 Å². The lowest BCUT2D eigenvalue weighted by atomic mass is 10.2. The fraction of sp³-hybridized carbons (Fsp3) is 0.647. The molecule has 6 nitrogen and oxygen atoms in total. The molecule has 1 unspecified atom stereocenters. The molecule has 0 aromatic carbocycles. The Kier molecular flexibility index (Phi) is 5.96. The number of aryl methyl sites for hydroxylation is 1. The van der Waals surface area contributed by atoms with Gasteiger partial charge < -0.3 is 14.8 Å². The van der Waals surface area contributed by atoms with Crippen molar-refractivity contribution in [2.24, 2.45) is 0 Å². The highest BCUT2D eigenvalue weighted by atomic mass is 16.6. The van der Waals surface area contributed by atoms with Gasteiger partial charge in [0.25, 0.3) is 0 Å². The van der Waals surface area contributed by atoms with Crippen LogP contribution in [0.2, 0.25) is 0 Å². The van der Waals surface area contributed by atoms with E-state index in [4.69, 9.17) is 9.47 Å². The molecule has 0 radical (unpaired) electrons. The van der Waals surface area contributed by atoms with Gasteiger partial charge in [-0.2, -0.15) is 0 Å². The summed E-state index contributed by atoms with van der Waals surface area (Å²) in [7, 11) is 0. The minimum absolute atomic E-state index is 0.0167. The number of hydrogen-bond donors (Lipinski definition) is 1. The molecule has 128 valence electrons. The van der Waals surface area contributed by atoms with Gasteiger partial charge in [0.1, 0.15) is 5.60 Å². The minimum atomic E-state index is -0.485. The van der Waals surface area contributed by atoms with Crippen LogP contribution >= 0.6 is 0 Å². The molecule has 23 heavy (non-hydrogen) atoms. The number of aromatic nitrogens is 1. The molecule has 1 atom stereocenters. The van der Waals surface area contributed by atoms with Crippen LogP contribution in [0.15, 0.2) is 18.3 Å². The molecule has 1 amide bonds. The lowest BCUT2D eigenvalue weighted by Gasteiger charge is -2.36. The summed E-state index contributed by atoms with van der Waals surface area (Å²) in [5, 5.41) is 3.37. The summed E-state index contributed by atoms with van der Waals surface area (Å²) in [6, 6.07) is 4.03. The Morgan fingerprint density at radius 3 is 2.91 bits per heavy atom. The lowest BCUT2D eigenvalue weighted by Crippen LogP contribution is -2.54. The van der Waals surface area contributed by atoms with Crippen molar-refractivity contribution in [1.82, 2.24) is 15.2 Å². The Morgan fingerprint density at radius 2 is 2.26 bits per heavy atom. The van der Waals surface area contributed by atoms with Gasteiger partial charge in [0, 0.05) is 31.5 Å². The molecule has 1 saturated heterocycles. The van der Waals surface area contributed by atoms with Crippen molar-refractivity contribution >= 4 is 6.09 Å². The highest BCUT2D eigenvalue weighted by Gasteiger charge is 2.30. The van der Waals surface area contributed by atoms with Crippen LogP contribution in [-0.4, -0.2) is 53.9 Å². The molecular weight excluding hydrogens is 294 g/mol. The zero-order chi connectivity index (χ0) is 16.9. The van der Waals surface area contributed by atoms with Crippen molar-refractivity contribution in [2.45, 2.75) is 45.9 Å². The van der Waals surface area contributed by atoms with Gasteiger partial charge in [0.15, 0.2) is 0 Å². The maximum absolute atomic E-state index is 12.3. The van der Waals surface area contributed by atoms with Gasteiger partial charge >= 0.3 is 6.09 Å². The number of ether oxygens (including phenoxy) is 2. The summed E-state index contributed by atoms with van der Waals surface area (Å²) >= 11 is 0. The van der Waals surface area contributed by atoms with Gasteiger partial charge in [-0.25, -0.2) is 4.79 Å². The van der Waals surface area contributed by atoms with E-state index in [0.29, 0.717) is 32.8 Å². The molecule has 1 fully saturated rings. The second-order valence-corrected chi connectivity index (χ2v) is 6.84. The lowest BCUT2D eigenvalue weighted by molar-refractivity contribution is -0.0317. The maximum Gasteiger partial charge on any atom is 0.410 e. The fourth-order valence-electron chi connectivity index (χ4n) is 2.37. The largest absolute Gasteiger partial charge is 0.444 e. The Morgan fingerprint density at radius 1 is 1.48 bits per heavy atom. The smallest absolute Gasteiger partial charge is 0.410 e. The van der Waals surface area contributed by atoms with Crippen LogP contribution in [0, 0.1) is 6.92 Å². The number of nitrogens with zero attached hydrogens (tertiary/aromatic N) is 2. The van der Waals surface area contributed by atoms with E-state index in [0.717, 1.165) is 11.3 Å². The van der Waals surface area contributed by atoms with E-state index < -0.39 is 5.60 Å². The molecular formula is C17H27N3O3. The summed E-state index contributed by atoms with van der Waals surface area (Å²) in [4.78, 5) is 18.3. The SMILES string of the molecule is Cc1ccc(CNCC2COCCN2C(=O)OC(C)(C)C)cn1. The molecule has 0 spiro atoms. The van der Waals surface area contributed by atoms with E-state index in [2.05, 4.69) is 16.4 Å². The average Bonchev–Trinajstić information content (AvgIpc) is 2.48. The topological polar surface area (TPSA) is 63.7 Å². The molecule has 2 rings (SSSR count). The fourth-order valence-corrected chi connectivity index (χ4v) is 2.37. The van der Waals surface area contributed by atoms with Crippen molar-refractivity contribution in [3.05, 3.63) is 29.6 Å². The normalized spacial score (nSPS) is 18.8. The third kappa shape index (κ3) is 5.80. The second kappa shape index (κ2) is 7.75. The highest BCUT2D eigenvalue weighted by Crippen LogP contribution is 2.14. The Hall–Kier alpha value is -1.66. The van der Waals surface area contributed by atoms with Crippen molar-refractivity contribution in [2.75, 3.05) is 26.3 Å². The Balaban J connectivity index is 1.86. The highest BCUT2D eigenvalue weighted by molar-refractivity contribution is 5.68. The third-order valence-corrected chi connectivity index (χ3v) is 3.54. The molecule has 0 saturated carbocycles. The van der Waals surface area contributed by atoms with E-state index in [9.17, 15) is 4.79 Å². The monoisotopic (exact) mass is 321 g/mol. The Bertz CT molecular complexity index is 511. The van der Waals surface area contributed by atoms with E-state index in [1.165, 1.54) is 0 Å². The molecule has 6 heteroatoms. The van der Waals surface area contributed by atoms with Gasteiger partial charge in [-0.15, -0.1) is 0 Å². The number of pyridine rings is 1. The van der Waals surface area contributed by atoms with Crippen molar-refractivity contribution in [1.29, 1.82) is 0 Å². The summed E-state index contributed by atoms with van der Waals surface area (Å²) in [6.45, 7) is 10.6. The zero-order valence-electron chi connectivity index (χ0n) is 14.5. The first-order chi connectivity index (χ1) is 10.8. The van der Waals surface area contributed by atoms with Crippen LogP contribution in [0.5, 0.6) is 0 Å².